The molecule has 0 unspecified atom stereocenters. The maximum atomic E-state index is 11.9. The number of anilines is 2. The number of hydrogen-bond donors (Lipinski definition) is 2. The summed E-state index contributed by atoms with van der Waals surface area (Å²) >= 11 is 5.87. The van der Waals surface area contributed by atoms with Crippen molar-refractivity contribution >= 4 is 34.8 Å². The largest absolute Gasteiger partial charge is 0.483 e. The van der Waals surface area contributed by atoms with Gasteiger partial charge in [-0.05, 0) is 48.9 Å². The van der Waals surface area contributed by atoms with E-state index in [0.29, 0.717) is 22.1 Å². The van der Waals surface area contributed by atoms with Crippen LogP contribution in [0.15, 0.2) is 42.5 Å². The number of halogens is 1. The minimum Gasteiger partial charge on any atom is -0.483 e. The molecule has 2 aromatic rings. The van der Waals surface area contributed by atoms with Gasteiger partial charge in [-0.15, -0.1) is 0 Å². The Kier molecular flexibility index (Phi) is 5.60. The van der Waals surface area contributed by atoms with Crippen molar-refractivity contribution in [1.82, 2.24) is 0 Å². The summed E-state index contributed by atoms with van der Waals surface area (Å²) in [4.78, 5) is 23.0. The zero-order valence-corrected chi connectivity index (χ0v) is 13.6. The zero-order valence-electron chi connectivity index (χ0n) is 12.9. The Morgan fingerprint density at radius 3 is 2.43 bits per heavy atom. The van der Waals surface area contributed by atoms with Crippen LogP contribution >= 0.6 is 11.6 Å². The van der Waals surface area contributed by atoms with E-state index < -0.39 is 0 Å². The van der Waals surface area contributed by atoms with E-state index >= 15 is 0 Å². The van der Waals surface area contributed by atoms with Crippen LogP contribution in [0.5, 0.6) is 5.75 Å². The molecule has 5 nitrogen and oxygen atoms in total. The Morgan fingerprint density at radius 2 is 1.78 bits per heavy atom. The Hall–Kier alpha value is -2.53. The topological polar surface area (TPSA) is 67.4 Å². The highest BCUT2D eigenvalue weighted by atomic mass is 35.5. The highest BCUT2D eigenvalue weighted by molar-refractivity contribution is 6.30. The lowest BCUT2D eigenvalue weighted by Gasteiger charge is -2.10. The van der Waals surface area contributed by atoms with Gasteiger partial charge in [-0.25, -0.2) is 0 Å². The first-order valence-corrected chi connectivity index (χ1v) is 7.38. The standard InChI is InChI=1S/C17H17ClN2O3/c1-11-8-13(18)6-7-16(11)23-10-17(22)20-15-5-3-4-14(9-15)19-12(2)21/h3-9H,10H2,1-2H3,(H,19,21)(H,20,22). The molecule has 0 aliphatic rings. The zero-order chi connectivity index (χ0) is 16.8. The average Bonchev–Trinajstić information content (AvgIpc) is 2.46. The number of ether oxygens (including phenoxy) is 1. The second-order valence-corrected chi connectivity index (χ2v) is 5.45. The normalized spacial score (nSPS) is 10.0. The summed E-state index contributed by atoms with van der Waals surface area (Å²) in [6.07, 6.45) is 0. The van der Waals surface area contributed by atoms with E-state index in [4.69, 9.17) is 16.3 Å². The molecular formula is C17H17ClN2O3. The highest BCUT2D eigenvalue weighted by Crippen LogP contribution is 2.22. The SMILES string of the molecule is CC(=O)Nc1cccc(NC(=O)COc2ccc(Cl)cc2C)c1. The van der Waals surface area contributed by atoms with Crippen LogP contribution in [0.1, 0.15) is 12.5 Å². The summed E-state index contributed by atoms with van der Waals surface area (Å²) in [6.45, 7) is 3.16. The first-order chi connectivity index (χ1) is 10.9. The van der Waals surface area contributed by atoms with Gasteiger partial charge in [0.2, 0.25) is 5.91 Å². The van der Waals surface area contributed by atoms with Gasteiger partial charge in [-0.3, -0.25) is 9.59 Å². The summed E-state index contributed by atoms with van der Waals surface area (Å²) in [5.74, 6) is 0.144. The second-order valence-electron chi connectivity index (χ2n) is 5.01. The minimum absolute atomic E-state index is 0.118. The van der Waals surface area contributed by atoms with Crippen molar-refractivity contribution in [2.75, 3.05) is 17.2 Å². The lowest BCUT2D eigenvalue weighted by atomic mass is 10.2. The molecule has 0 aliphatic heterocycles. The first kappa shape index (κ1) is 16.8. The molecule has 2 aromatic carbocycles. The number of carbonyl (C=O) groups is 2. The predicted octanol–water partition coefficient (Wildman–Crippen LogP) is 3.62. The molecule has 0 saturated carbocycles. The van der Waals surface area contributed by atoms with E-state index in [1.807, 2.05) is 6.92 Å². The predicted molar refractivity (Wildman–Crippen MR) is 91.1 cm³/mol. The fraction of sp³-hybridized carbons (Fsp3) is 0.176. The van der Waals surface area contributed by atoms with Crippen molar-refractivity contribution in [3.05, 3.63) is 53.1 Å². The van der Waals surface area contributed by atoms with E-state index in [9.17, 15) is 9.59 Å². The molecule has 0 fully saturated rings. The number of hydrogen-bond acceptors (Lipinski definition) is 3. The van der Waals surface area contributed by atoms with E-state index in [1.165, 1.54) is 6.92 Å². The Bertz CT molecular complexity index is 732. The van der Waals surface area contributed by atoms with Gasteiger partial charge in [-0.2, -0.15) is 0 Å². The summed E-state index contributed by atoms with van der Waals surface area (Å²) in [5.41, 5.74) is 2.06. The quantitative estimate of drug-likeness (QED) is 0.878. The maximum Gasteiger partial charge on any atom is 0.262 e. The van der Waals surface area contributed by atoms with Crippen LogP contribution in [0, 0.1) is 6.92 Å². The molecule has 0 aliphatic carbocycles. The van der Waals surface area contributed by atoms with Crippen LogP contribution in [0.4, 0.5) is 11.4 Å². The molecule has 0 bridgehead atoms. The van der Waals surface area contributed by atoms with Gasteiger partial charge in [0.05, 0.1) is 0 Å². The van der Waals surface area contributed by atoms with E-state index in [1.54, 1.807) is 42.5 Å². The van der Waals surface area contributed by atoms with Gasteiger partial charge in [0.25, 0.3) is 5.91 Å². The van der Waals surface area contributed by atoms with Gasteiger partial charge in [0.1, 0.15) is 5.75 Å². The van der Waals surface area contributed by atoms with Crippen LogP contribution in [0.3, 0.4) is 0 Å². The Balaban J connectivity index is 1.93. The van der Waals surface area contributed by atoms with Crippen molar-refractivity contribution in [1.29, 1.82) is 0 Å². The molecule has 0 atom stereocenters. The summed E-state index contributed by atoms with van der Waals surface area (Å²) in [6, 6.07) is 12.1. The van der Waals surface area contributed by atoms with Crippen LogP contribution in [0.25, 0.3) is 0 Å². The molecule has 0 radical (unpaired) electrons. The molecule has 2 N–H and O–H groups in total. The monoisotopic (exact) mass is 332 g/mol. The number of amides is 2. The van der Waals surface area contributed by atoms with Crippen molar-refractivity contribution in [3.8, 4) is 5.75 Å². The fourth-order valence-electron chi connectivity index (χ4n) is 1.99. The molecular weight excluding hydrogens is 316 g/mol. The number of carbonyl (C=O) groups excluding carboxylic acids is 2. The van der Waals surface area contributed by atoms with Crippen molar-refractivity contribution in [3.63, 3.8) is 0 Å². The molecule has 0 aromatic heterocycles. The lowest BCUT2D eigenvalue weighted by Crippen LogP contribution is -2.20. The van der Waals surface area contributed by atoms with Gasteiger partial charge >= 0.3 is 0 Å². The number of rotatable bonds is 5. The number of benzene rings is 2. The maximum absolute atomic E-state index is 11.9. The minimum atomic E-state index is -0.292. The van der Waals surface area contributed by atoms with Gasteiger partial charge in [0.15, 0.2) is 6.61 Å². The number of nitrogens with one attached hydrogen (secondary N) is 2. The second kappa shape index (κ2) is 7.65. The van der Waals surface area contributed by atoms with Gasteiger partial charge < -0.3 is 15.4 Å². The van der Waals surface area contributed by atoms with E-state index in [2.05, 4.69) is 10.6 Å². The third-order valence-corrected chi connectivity index (χ3v) is 3.20. The third-order valence-electron chi connectivity index (χ3n) is 2.96. The molecule has 0 heterocycles. The molecule has 0 saturated heterocycles. The van der Waals surface area contributed by atoms with Crippen LogP contribution in [-0.4, -0.2) is 18.4 Å². The van der Waals surface area contributed by atoms with Crippen LogP contribution in [-0.2, 0) is 9.59 Å². The van der Waals surface area contributed by atoms with Crippen LogP contribution < -0.4 is 15.4 Å². The van der Waals surface area contributed by atoms with Crippen molar-refractivity contribution in [2.24, 2.45) is 0 Å². The lowest BCUT2D eigenvalue weighted by molar-refractivity contribution is -0.118. The highest BCUT2D eigenvalue weighted by Gasteiger charge is 2.07. The summed E-state index contributed by atoms with van der Waals surface area (Å²) in [5, 5.41) is 5.99. The van der Waals surface area contributed by atoms with Crippen LogP contribution in [0.2, 0.25) is 5.02 Å². The van der Waals surface area contributed by atoms with Gasteiger partial charge in [-0.1, -0.05) is 17.7 Å². The van der Waals surface area contributed by atoms with E-state index in [0.717, 1.165) is 5.56 Å². The van der Waals surface area contributed by atoms with Gasteiger partial charge in [0, 0.05) is 23.3 Å². The summed E-state index contributed by atoms with van der Waals surface area (Å²) in [7, 11) is 0. The molecule has 6 heteroatoms. The molecule has 120 valence electrons. The molecule has 23 heavy (non-hydrogen) atoms. The molecule has 0 spiro atoms. The van der Waals surface area contributed by atoms with Crippen molar-refractivity contribution < 1.29 is 14.3 Å². The molecule has 2 amide bonds. The Labute approximate surface area is 139 Å². The third kappa shape index (κ3) is 5.30. The van der Waals surface area contributed by atoms with Crippen molar-refractivity contribution in [2.45, 2.75) is 13.8 Å². The Morgan fingerprint density at radius 1 is 1.09 bits per heavy atom. The summed E-state index contributed by atoms with van der Waals surface area (Å²) < 4.78 is 5.48. The fourth-order valence-corrected chi connectivity index (χ4v) is 2.22. The van der Waals surface area contributed by atoms with E-state index in [-0.39, 0.29) is 18.4 Å². The smallest absolute Gasteiger partial charge is 0.262 e. The first-order valence-electron chi connectivity index (χ1n) is 7.00. The number of aryl methyl sites for hydroxylation is 1. The molecule has 2 rings (SSSR count). The average molecular weight is 333 g/mol.